The summed E-state index contributed by atoms with van der Waals surface area (Å²) in [5.41, 5.74) is 3.63. The molecule has 0 saturated carbocycles. The zero-order valence-electron chi connectivity index (χ0n) is 15.0. The molecule has 0 aromatic heterocycles. The van der Waals surface area contributed by atoms with Crippen LogP contribution in [0, 0.1) is 10.1 Å². The Labute approximate surface area is 157 Å². The van der Waals surface area contributed by atoms with Gasteiger partial charge in [0.15, 0.2) is 0 Å². The van der Waals surface area contributed by atoms with E-state index in [1.54, 1.807) is 11.0 Å². The Balaban J connectivity index is 1.69. The standard InChI is InChI=1S/C20H21N3O4/c24-20(21-9-11-27-12-10-21)18-13-17(23(25)26)5-6-19(18)22-8-7-15-3-1-2-4-16(15)14-22/h1-6,13H,7-12,14H2. The van der Waals surface area contributed by atoms with Gasteiger partial charge in [-0.2, -0.15) is 0 Å². The molecule has 0 radical (unpaired) electrons. The van der Waals surface area contributed by atoms with Crippen molar-refractivity contribution in [1.29, 1.82) is 0 Å². The van der Waals surface area contributed by atoms with Crippen LogP contribution in [0.2, 0.25) is 0 Å². The Morgan fingerprint density at radius 1 is 1.04 bits per heavy atom. The van der Waals surface area contributed by atoms with Crippen LogP contribution in [0.3, 0.4) is 0 Å². The minimum atomic E-state index is -0.453. The van der Waals surface area contributed by atoms with Crippen molar-refractivity contribution in [3.8, 4) is 0 Å². The van der Waals surface area contributed by atoms with Crippen molar-refractivity contribution >= 4 is 17.3 Å². The Morgan fingerprint density at radius 3 is 2.52 bits per heavy atom. The van der Waals surface area contributed by atoms with Crippen molar-refractivity contribution in [3.05, 3.63) is 69.3 Å². The first-order valence-electron chi connectivity index (χ1n) is 9.10. The molecular weight excluding hydrogens is 346 g/mol. The molecule has 2 aromatic rings. The maximum absolute atomic E-state index is 13.1. The van der Waals surface area contributed by atoms with Crippen LogP contribution in [0.1, 0.15) is 21.5 Å². The number of amides is 1. The second kappa shape index (κ2) is 7.36. The fourth-order valence-electron chi connectivity index (χ4n) is 3.72. The van der Waals surface area contributed by atoms with E-state index >= 15 is 0 Å². The number of hydrogen-bond acceptors (Lipinski definition) is 5. The summed E-state index contributed by atoms with van der Waals surface area (Å²) in [4.78, 5) is 27.8. The zero-order chi connectivity index (χ0) is 18.8. The number of nitro benzene ring substituents is 1. The second-order valence-electron chi connectivity index (χ2n) is 6.80. The number of fused-ring (bicyclic) bond motifs is 1. The van der Waals surface area contributed by atoms with Crippen LogP contribution < -0.4 is 4.90 Å². The van der Waals surface area contributed by atoms with Gasteiger partial charge in [0, 0.05) is 38.3 Å². The summed E-state index contributed by atoms with van der Waals surface area (Å²) in [5, 5.41) is 11.3. The summed E-state index contributed by atoms with van der Waals surface area (Å²) in [6.07, 6.45) is 0.887. The SMILES string of the molecule is O=C(c1cc([N+](=O)[O-])ccc1N1CCc2ccccc2C1)N1CCOCC1. The Kier molecular flexibility index (Phi) is 4.77. The van der Waals surface area contributed by atoms with Crippen molar-refractivity contribution < 1.29 is 14.5 Å². The van der Waals surface area contributed by atoms with Crippen molar-refractivity contribution in [2.75, 3.05) is 37.7 Å². The van der Waals surface area contributed by atoms with E-state index in [0.717, 1.165) is 18.7 Å². The van der Waals surface area contributed by atoms with Gasteiger partial charge in [-0.3, -0.25) is 14.9 Å². The molecule has 0 spiro atoms. The number of anilines is 1. The fraction of sp³-hybridized carbons (Fsp3) is 0.350. The predicted molar refractivity (Wildman–Crippen MR) is 101 cm³/mol. The molecule has 1 fully saturated rings. The van der Waals surface area contributed by atoms with Crippen LogP contribution in [-0.4, -0.2) is 48.6 Å². The van der Waals surface area contributed by atoms with E-state index in [1.165, 1.54) is 23.3 Å². The summed E-state index contributed by atoms with van der Waals surface area (Å²) < 4.78 is 5.32. The molecule has 2 aliphatic rings. The van der Waals surface area contributed by atoms with E-state index in [-0.39, 0.29) is 11.6 Å². The summed E-state index contributed by atoms with van der Waals surface area (Å²) in [6, 6.07) is 12.9. The van der Waals surface area contributed by atoms with Crippen molar-refractivity contribution in [2.45, 2.75) is 13.0 Å². The molecule has 140 valence electrons. The average molecular weight is 367 g/mol. The maximum Gasteiger partial charge on any atom is 0.270 e. The van der Waals surface area contributed by atoms with Crippen LogP contribution in [0.4, 0.5) is 11.4 Å². The second-order valence-corrected chi connectivity index (χ2v) is 6.80. The smallest absolute Gasteiger partial charge is 0.270 e. The van der Waals surface area contributed by atoms with Gasteiger partial charge in [0.25, 0.3) is 11.6 Å². The van der Waals surface area contributed by atoms with Crippen molar-refractivity contribution in [1.82, 2.24) is 4.90 Å². The largest absolute Gasteiger partial charge is 0.378 e. The number of nitrogens with zero attached hydrogens (tertiary/aromatic N) is 3. The summed E-state index contributed by atoms with van der Waals surface area (Å²) in [6.45, 7) is 3.46. The molecule has 2 aromatic carbocycles. The zero-order valence-corrected chi connectivity index (χ0v) is 15.0. The number of rotatable bonds is 3. The summed E-state index contributed by atoms with van der Waals surface area (Å²) in [5.74, 6) is -0.171. The average Bonchev–Trinajstić information content (AvgIpc) is 2.73. The molecule has 7 heteroatoms. The maximum atomic E-state index is 13.1. The lowest BCUT2D eigenvalue weighted by Crippen LogP contribution is -2.41. The molecule has 0 atom stereocenters. The number of carbonyl (C=O) groups excluding carboxylic acids is 1. The van der Waals surface area contributed by atoms with Gasteiger partial charge in [0.1, 0.15) is 0 Å². The van der Waals surface area contributed by atoms with Crippen LogP contribution in [0.15, 0.2) is 42.5 Å². The fourth-order valence-corrected chi connectivity index (χ4v) is 3.72. The number of benzene rings is 2. The molecule has 0 bridgehead atoms. The van der Waals surface area contributed by atoms with E-state index in [1.807, 2.05) is 12.1 Å². The van der Waals surface area contributed by atoms with Crippen LogP contribution in [0.25, 0.3) is 0 Å². The van der Waals surface area contributed by atoms with Gasteiger partial charge in [0.05, 0.1) is 29.4 Å². The van der Waals surface area contributed by atoms with Crippen LogP contribution in [-0.2, 0) is 17.7 Å². The third-order valence-corrected chi connectivity index (χ3v) is 5.19. The van der Waals surface area contributed by atoms with Crippen molar-refractivity contribution in [3.63, 3.8) is 0 Å². The quantitative estimate of drug-likeness (QED) is 0.616. The van der Waals surface area contributed by atoms with Gasteiger partial charge >= 0.3 is 0 Å². The van der Waals surface area contributed by atoms with Crippen LogP contribution in [0.5, 0.6) is 0 Å². The lowest BCUT2D eigenvalue weighted by atomic mass is 9.98. The normalized spacial score (nSPS) is 16.7. The Morgan fingerprint density at radius 2 is 1.78 bits per heavy atom. The highest BCUT2D eigenvalue weighted by atomic mass is 16.6. The number of ether oxygens (including phenoxy) is 1. The minimum absolute atomic E-state index is 0.0623. The van der Waals surface area contributed by atoms with Gasteiger partial charge in [-0.15, -0.1) is 0 Å². The Bertz CT molecular complexity index is 877. The van der Waals surface area contributed by atoms with E-state index in [0.29, 0.717) is 38.4 Å². The topological polar surface area (TPSA) is 75.9 Å². The van der Waals surface area contributed by atoms with E-state index in [2.05, 4.69) is 17.0 Å². The molecule has 1 saturated heterocycles. The van der Waals surface area contributed by atoms with Gasteiger partial charge in [-0.25, -0.2) is 0 Å². The number of carbonyl (C=O) groups is 1. The van der Waals surface area contributed by atoms with E-state index in [9.17, 15) is 14.9 Å². The van der Waals surface area contributed by atoms with Gasteiger partial charge < -0.3 is 14.5 Å². The van der Waals surface area contributed by atoms with Crippen molar-refractivity contribution in [2.24, 2.45) is 0 Å². The number of nitro groups is 1. The third kappa shape index (κ3) is 3.50. The molecule has 1 amide bonds. The summed E-state index contributed by atoms with van der Waals surface area (Å²) >= 11 is 0. The first-order valence-corrected chi connectivity index (χ1v) is 9.10. The Hall–Kier alpha value is -2.93. The number of non-ortho nitro benzene ring substituents is 1. The number of morpholine rings is 1. The number of hydrogen-bond donors (Lipinski definition) is 0. The first kappa shape index (κ1) is 17.5. The molecule has 0 unspecified atom stereocenters. The first-order chi connectivity index (χ1) is 13.1. The highest BCUT2D eigenvalue weighted by Crippen LogP contribution is 2.31. The highest BCUT2D eigenvalue weighted by molar-refractivity contribution is 6.00. The third-order valence-electron chi connectivity index (χ3n) is 5.19. The van der Waals surface area contributed by atoms with Gasteiger partial charge in [-0.1, -0.05) is 24.3 Å². The minimum Gasteiger partial charge on any atom is -0.378 e. The highest BCUT2D eigenvalue weighted by Gasteiger charge is 2.27. The van der Waals surface area contributed by atoms with E-state index < -0.39 is 4.92 Å². The molecule has 4 rings (SSSR count). The molecule has 0 N–H and O–H groups in total. The molecule has 27 heavy (non-hydrogen) atoms. The monoisotopic (exact) mass is 367 g/mol. The molecule has 2 heterocycles. The molecular formula is C20H21N3O4. The van der Waals surface area contributed by atoms with Crippen LogP contribution >= 0.6 is 0 Å². The van der Waals surface area contributed by atoms with E-state index in [4.69, 9.17) is 4.74 Å². The lowest BCUT2D eigenvalue weighted by Gasteiger charge is -2.33. The van der Waals surface area contributed by atoms with Gasteiger partial charge in [-0.05, 0) is 23.6 Å². The molecule has 7 nitrogen and oxygen atoms in total. The predicted octanol–water partition coefficient (Wildman–Crippen LogP) is 2.63. The van der Waals surface area contributed by atoms with Gasteiger partial charge in [0.2, 0.25) is 0 Å². The molecule has 2 aliphatic heterocycles. The molecule has 0 aliphatic carbocycles. The lowest BCUT2D eigenvalue weighted by molar-refractivity contribution is -0.384. The summed E-state index contributed by atoms with van der Waals surface area (Å²) in [7, 11) is 0.